The molecule has 1 saturated carbocycles. The van der Waals surface area contributed by atoms with Gasteiger partial charge in [0.2, 0.25) is 11.9 Å². The van der Waals surface area contributed by atoms with Crippen LogP contribution in [0.2, 0.25) is 0 Å². The van der Waals surface area contributed by atoms with Gasteiger partial charge in [0.15, 0.2) is 0 Å². The quantitative estimate of drug-likeness (QED) is 0.521. The standard InChI is InChI=1S/C21H26FN5O3/c1-12(2)24-19(28)16-4-3-5-17(16)26-18-14(10-22)11-23-21(27-18)25-15-8-6-13(7-9-15)20(29)30/h6-9,11-12,16-17H,3-5,10H2,1-2H3,(H,24,28)(H,29,30)(H2,23,25,26,27)/t16-,17+/m0/s1. The molecule has 0 unspecified atom stereocenters. The molecule has 0 radical (unpaired) electrons. The molecule has 1 aromatic carbocycles. The Labute approximate surface area is 174 Å². The van der Waals surface area contributed by atoms with E-state index in [2.05, 4.69) is 25.9 Å². The number of carboxylic acid groups (broad SMARTS) is 1. The van der Waals surface area contributed by atoms with E-state index < -0.39 is 12.6 Å². The summed E-state index contributed by atoms with van der Waals surface area (Å²) >= 11 is 0. The van der Waals surface area contributed by atoms with Crippen LogP contribution in [0.1, 0.15) is 49.0 Å². The average molecular weight is 415 g/mol. The maximum absolute atomic E-state index is 13.5. The van der Waals surface area contributed by atoms with Gasteiger partial charge in [0.25, 0.3) is 0 Å². The highest BCUT2D eigenvalue weighted by molar-refractivity contribution is 5.88. The second-order valence-corrected chi connectivity index (χ2v) is 7.66. The van der Waals surface area contributed by atoms with Crippen LogP contribution in [0.4, 0.5) is 21.8 Å². The number of halogens is 1. The van der Waals surface area contributed by atoms with Crippen molar-refractivity contribution in [3.8, 4) is 0 Å². The molecule has 9 heteroatoms. The zero-order chi connectivity index (χ0) is 21.7. The molecule has 30 heavy (non-hydrogen) atoms. The minimum absolute atomic E-state index is 0.00674. The van der Waals surface area contributed by atoms with Crippen LogP contribution in [-0.2, 0) is 11.5 Å². The lowest BCUT2D eigenvalue weighted by Crippen LogP contribution is -2.41. The average Bonchev–Trinajstić information content (AvgIpc) is 3.16. The van der Waals surface area contributed by atoms with Gasteiger partial charge in [-0.1, -0.05) is 6.42 Å². The van der Waals surface area contributed by atoms with Gasteiger partial charge >= 0.3 is 5.97 Å². The fourth-order valence-corrected chi connectivity index (χ4v) is 3.53. The molecule has 1 aliphatic rings. The number of aromatic carboxylic acids is 1. The molecular weight excluding hydrogens is 389 g/mol. The fourth-order valence-electron chi connectivity index (χ4n) is 3.53. The number of nitrogens with one attached hydrogen (secondary N) is 3. The van der Waals surface area contributed by atoms with Crippen LogP contribution in [0.25, 0.3) is 0 Å². The van der Waals surface area contributed by atoms with Crippen LogP contribution < -0.4 is 16.0 Å². The number of anilines is 3. The molecule has 8 nitrogen and oxygen atoms in total. The van der Waals surface area contributed by atoms with Gasteiger partial charge in [-0.3, -0.25) is 4.79 Å². The third-order valence-corrected chi connectivity index (χ3v) is 5.00. The number of nitrogens with zero attached hydrogens (tertiary/aromatic N) is 2. The summed E-state index contributed by atoms with van der Waals surface area (Å²) in [5, 5.41) is 18.2. The summed E-state index contributed by atoms with van der Waals surface area (Å²) in [5.41, 5.74) is 1.09. The van der Waals surface area contributed by atoms with Gasteiger partial charge in [0.1, 0.15) is 12.5 Å². The molecule has 1 aliphatic carbocycles. The number of benzene rings is 1. The molecule has 160 valence electrons. The molecule has 1 aromatic heterocycles. The van der Waals surface area contributed by atoms with Crippen molar-refractivity contribution in [2.75, 3.05) is 10.6 Å². The molecule has 3 rings (SSSR count). The van der Waals surface area contributed by atoms with Gasteiger partial charge in [-0.25, -0.2) is 14.2 Å². The summed E-state index contributed by atoms with van der Waals surface area (Å²) in [6, 6.07) is 6.07. The minimum atomic E-state index is -1.01. The van der Waals surface area contributed by atoms with E-state index in [0.717, 1.165) is 19.3 Å². The highest BCUT2D eigenvalue weighted by atomic mass is 19.1. The van der Waals surface area contributed by atoms with Crippen LogP contribution in [-0.4, -0.2) is 39.0 Å². The lowest BCUT2D eigenvalue weighted by molar-refractivity contribution is -0.125. The molecule has 1 amide bonds. The maximum atomic E-state index is 13.5. The van der Waals surface area contributed by atoms with Crippen LogP contribution >= 0.6 is 0 Å². The van der Waals surface area contributed by atoms with Crippen molar-refractivity contribution in [1.29, 1.82) is 0 Å². The van der Waals surface area contributed by atoms with Gasteiger partial charge in [-0.15, -0.1) is 0 Å². The van der Waals surface area contributed by atoms with Gasteiger partial charge in [0.05, 0.1) is 11.5 Å². The van der Waals surface area contributed by atoms with E-state index in [9.17, 15) is 14.0 Å². The number of hydrogen-bond acceptors (Lipinski definition) is 6. The number of rotatable bonds is 8. The predicted molar refractivity (Wildman–Crippen MR) is 112 cm³/mol. The highest BCUT2D eigenvalue weighted by Gasteiger charge is 2.33. The monoisotopic (exact) mass is 415 g/mol. The van der Waals surface area contributed by atoms with E-state index in [0.29, 0.717) is 17.1 Å². The molecule has 2 atom stereocenters. The van der Waals surface area contributed by atoms with Gasteiger partial charge in [0, 0.05) is 29.5 Å². The third-order valence-electron chi connectivity index (χ3n) is 5.00. The largest absolute Gasteiger partial charge is 0.478 e. The summed E-state index contributed by atoms with van der Waals surface area (Å²) in [6.45, 7) is 3.11. The van der Waals surface area contributed by atoms with Crippen LogP contribution in [0.15, 0.2) is 30.5 Å². The zero-order valence-corrected chi connectivity index (χ0v) is 17.0. The molecule has 1 fully saturated rings. The van der Waals surface area contributed by atoms with Crippen molar-refractivity contribution in [3.05, 3.63) is 41.6 Å². The molecule has 2 aromatic rings. The van der Waals surface area contributed by atoms with E-state index in [-0.39, 0.29) is 35.4 Å². The summed E-state index contributed by atoms with van der Waals surface area (Å²) < 4.78 is 13.5. The molecule has 0 aliphatic heterocycles. The number of carboxylic acids is 1. The number of carbonyl (C=O) groups is 2. The smallest absolute Gasteiger partial charge is 0.335 e. The normalized spacial score (nSPS) is 18.3. The Hall–Kier alpha value is -3.23. The number of carbonyl (C=O) groups excluding carboxylic acids is 1. The number of aromatic nitrogens is 2. The lowest BCUT2D eigenvalue weighted by atomic mass is 10.0. The van der Waals surface area contributed by atoms with E-state index in [4.69, 9.17) is 5.11 Å². The first-order valence-corrected chi connectivity index (χ1v) is 9.96. The molecule has 4 N–H and O–H groups in total. The van der Waals surface area contributed by atoms with Gasteiger partial charge < -0.3 is 21.1 Å². The Balaban J connectivity index is 1.75. The summed E-state index contributed by atoms with van der Waals surface area (Å²) in [6.07, 6.45) is 3.88. The molecular formula is C21H26FN5O3. The summed E-state index contributed by atoms with van der Waals surface area (Å²) in [5.74, 6) is -0.614. The molecule has 0 spiro atoms. The van der Waals surface area contributed by atoms with Crippen molar-refractivity contribution in [2.45, 2.75) is 51.9 Å². The van der Waals surface area contributed by atoms with Crippen molar-refractivity contribution in [1.82, 2.24) is 15.3 Å². The maximum Gasteiger partial charge on any atom is 0.335 e. The van der Waals surface area contributed by atoms with E-state index in [1.165, 1.54) is 18.3 Å². The van der Waals surface area contributed by atoms with E-state index in [1.807, 2.05) is 13.8 Å². The van der Waals surface area contributed by atoms with Gasteiger partial charge in [-0.05, 0) is 51.0 Å². The Kier molecular flexibility index (Phi) is 6.81. The first-order valence-electron chi connectivity index (χ1n) is 9.96. The Morgan fingerprint density at radius 2 is 1.97 bits per heavy atom. The minimum Gasteiger partial charge on any atom is -0.478 e. The topological polar surface area (TPSA) is 116 Å². The van der Waals surface area contributed by atoms with Gasteiger partial charge in [-0.2, -0.15) is 4.98 Å². The van der Waals surface area contributed by atoms with Crippen molar-refractivity contribution < 1.29 is 19.1 Å². The summed E-state index contributed by atoms with van der Waals surface area (Å²) in [4.78, 5) is 32.0. The zero-order valence-electron chi connectivity index (χ0n) is 17.0. The number of hydrogen-bond donors (Lipinski definition) is 4. The number of alkyl halides is 1. The lowest BCUT2D eigenvalue weighted by Gasteiger charge is -2.23. The second-order valence-electron chi connectivity index (χ2n) is 7.66. The van der Waals surface area contributed by atoms with Crippen molar-refractivity contribution in [2.24, 2.45) is 5.92 Å². The molecule has 0 saturated heterocycles. The molecule has 1 heterocycles. The Morgan fingerprint density at radius 1 is 1.23 bits per heavy atom. The third kappa shape index (κ3) is 5.22. The Bertz CT molecular complexity index is 904. The molecule has 0 bridgehead atoms. The SMILES string of the molecule is CC(C)NC(=O)[C@H]1CCC[C@H]1Nc1nc(Nc2ccc(C(=O)O)cc2)ncc1CF. The highest BCUT2D eigenvalue weighted by Crippen LogP contribution is 2.30. The van der Waals surface area contributed by atoms with Crippen molar-refractivity contribution >= 4 is 29.3 Å². The first kappa shape index (κ1) is 21.5. The van der Waals surface area contributed by atoms with Crippen LogP contribution in [0.5, 0.6) is 0 Å². The Morgan fingerprint density at radius 3 is 2.60 bits per heavy atom. The predicted octanol–water partition coefficient (Wildman–Crippen LogP) is 3.49. The second kappa shape index (κ2) is 9.51. The van der Waals surface area contributed by atoms with Crippen LogP contribution in [0.3, 0.4) is 0 Å². The fraction of sp³-hybridized carbons (Fsp3) is 0.429. The van der Waals surface area contributed by atoms with E-state index in [1.54, 1.807) is 12.1 Å². The van der Waals surface area contributed by atoms with E-state index >= 15 is 0 Å². The number of amides is 1. The van der Waals surface area contributed by atoms with Crippen LogP contribution in [0, 0.1) is 5.92 Å². The first-order chi connectivity index (χ1) is 14.4. The summed E-state index contributed by atoms with van der Waals surface area (Å²) in [7, 11) is 0. The van der Waals surface area contributed by atoms with Crippen molar-refractivity contribution in [3.63, 3.8) is 0 Å².